The van der Waals surface area contributed by atoms with Crippen molar-refractivity contribution in [3.63, 3.8) is 0 Å². The lowest BCUT2D eigenvalue weighted by Crippen LogP contribution is -2.37. The number of carbonyl (C=O) groups excluding carboxylic acids is 1. The van der Waals surface area contributed by atoms with E-state index in [9.17, 15) is 4.79 Å². The van der Waals surface area contributed by atoms with E-state index in [-0.39, 0.29) is 5.91 Å². The van der Waals surface area contributed by atoms with E-state index < -0.39 is 12.6 Å². The molecule has 5 heteroatoms. The Morgan fingerprint density at radius 1 is 1.09 bits per heavy atom. The predicted molar refractivity (Wildman–Crippen MR) is 96.7 cm³/mol. The zero-order chi connectivity index (χ0) is 16.4. The summed E-state index contributed by atoms with van der Waals surface area (Å²) in [4.78, 5) is 12.1. The molecule has 1 unspecified atom stereocenters. The van der Waals surface area contributed by atoms with E-state index in [2.05, 4.69) is 29.4 Å². The van der Waals surface area contributed by atoms with Crippen LogP contribution in [0.15, 0.2) is 65.8 Å². The lowest BCUT2D eigenvalue weighted by atomic mass is 9.86. The van der Waals surface area contributed by atoms with Crippen LogP contribution >= 0.6 is 18.7 Å². The van der Waals surface area contributed by atoms with Gasteiger partial charge in [-0.25, -0.2) is 0 Å². The smallest absolute Gasteiger partial charge is 0.244 e. The molecular formula is C18H18ClN2OP. The normalized spacial score (nSPS) is 20.0. The van der Waals surface area contributed by atoms with Gasteiger partial charge in [-0.1, -0.05) is 71.9 Å². The zero-order valence-corrected chi connectivity index (χ0v) is 14.8. The highest BCUT2D eigenvalue weighted by Gasteiger charge is 2.48. The molecule has 0 spiro atoms. The van der Waals surface area contributed by atoms with Gasteiger partial charge in [0, 0.05) is 19.1 Å². The van der Waals surface area contributed by atoms with Crippen molar-refractivity contribution >= 4 is 30.3 Å². The van der Waals surface area contributed by atoms with E-state index in [0.29, 0.717) is 6.42 Å². The van der Waals surface area contributed by atoms with Crippen molar-refractivity contribution in [2.75, 3.05) is 0 Å². The molecule has 1 aliphatic heterocycles. The molecule has 1 heterocycles. The number of rotatable bonds is 2. The van der Waals surface area contributed by atoms with Crippen molar-refractivity contribution in [2.24, 2.45) is 5.10 Å². The lowest BCUT2D eigenvalue weighted by molar-refractivity contribution is -0.124. The van der Waals surface area contributed by atoms with Gasteiger partial charge in [0.1, 0.15) is 7.43 Å². The Balaban J connectivity index is 2.25. The molecule has 0 fully saturated rings. The summed E-state index contributed by atoms with van der Waals surface area (Å²) in [6.45, 7) is 3.47. The van der Waals surface area contributed by atoms with Crippen LogP contribution in [0.1, 0.15) is 31.4 Å². The van der Waals surface area contributed by atoms with Crippen molar-refractivity contribution in [2.45, 2.75) is 25.4 Å². The van der Waals surface area contributed by atoms with Crippen LogP contribution in [-0.4, -0.2) is 16.4 Å². The van der Waals surface area contributed by atoms with Gasteiger partial charge >= 0.3 is 0 Å². The number of carbonyl (C=O) groups is 1. The van der Waals surface area contributed by atoms with Gasteiger partial charge in [-0.15, -0.1) is 0 Å². The van der Waals surface area contributed by atoms with Gasteiger partial charge in [0.15, 0.2) is 0 Å². The maximum Gasteiger partial charge on any atom is 0.244 e. The van der Waals surface area contributed by atoms with Gasteiger partial charge in [0.05, 0.1) is 5.16 Å². The van der Waals surface area contributed by atoms with Crippen LogP contribution in [0.25, 0.3) is 0 Å². The Morgan fingerprint density at radius 2 is 1.57 bits per heavy atom. The summed E-state index contributed by atoms with van der Waals surface area (Å²) in [5.74, 6) is -0.124. The number of hydrogen-bond donors (Lipinski definition) is 0. The van der Waals surface area contributed by atoms with Crippen LogP contribution < -0.4 is 0 Å². The molecule has 2 aromatic carbocycles. The molecule has 3 rings (SSSR count). The van der Waals surface area contributed by atoms with Crippen molar-refractivity contribution in [1.29, 1.82) is 0 Å². The summed E-state index contributed by atoms with van der Waals surface area (Å²) in [6, 6.07) is 20.4. The molecule has 0 N–H and O–H groups in total. The highest BCUT2D eigenvalue weighted by Crippen LogP contribution is 2.68. The van der Waals surface area contributed by atoms with Gasteiger partial charge in [-0.2, -0.15) is 9.88 Å². The predicted octanol–water partition coefficient (Wildman–Crippen LogP) is 5.11. The molecule has 0 saturated carbocycles. The first-order valence-corrected chi connectivity index (χ1v) is 9.67. The molecule has 1 atom stereocenters. The molecule has 1 amide bonds. The van der Waals surface area contributed by atoms with Gasteiger partial charge in [-0.3, -0.25) is 4.79 Å². The summed E-state index contributed by atoms with van der Waals surface area (Å²) in [5, 5.41) is 3.96. The summed E-state index contributed by atoms with van der Waals surface area (Å²) in [5.41, 5.74) is 3.15. The number of halogens is 1. The van der Waals surface area contributed by atoms with Crippen molar-refractivity contribution in [1.82, 2.24) is 4.78 Å². The SMILES string of the molecule is CC(=O)N1N=C(C)CC(c2ccccc2)(c2ccccc2)P1Cl. The van der Waals surface area contributed by atoms with Crippen molar-refractivity contribution in [3.05, 3.63) is 71.8 Å². The number of hydrogen-bond acceptors (Lipinski definition) is 2. The van der Waals surface area contributed by atoms with E-state index in [1.807, 2.05) is 43.3 Å². The lowest BCUT2D eigenvalue weighted by Gasteiger charge is -2.44. The fourth-order valence-electron chi connectivity index (χ4n) is 3.04. The van der Waals surface area contributed by atoms with Crippen LogP contribution in [0.3, 0.4) is 0 Å². The van der Waals surface area contributed by atoms with Crippen LogP contribution in [0.5, 0.6) is 0 Å². The number of amides is 1. The second kappa shape index (κ2) is 6.43. The zero-order valence-electron chi connectivity index (χ0n) is 13.1. The Bertz CT molecular complexity index is 694. The van der Waals surface area contributed by atoms with Gasteiger partial charge < -0.3 is 0 Å². The van der Waals surface area contributed by atoms with Gasteiger partial charge in [0.25, 0.3) is 0 Å². The minimum Gasteiger partial charge on any atom is -0.273 e. The molecule has 0 aromatic heterocycles. The first kappa shape index (κ1) is 16.2. The van der Waals surface area contributed by atoms with E-state index in [1.165, 1.54) is 11.7 Å². The molecule has 1 aliphatic rings. The third-order valence-electron chi connectivity index (χ3n) is 4.04. The summed E-state index contributed by atoms with van der Waals surface area (Å²) < 4.78 is 1.47. The van der Waals surface area contributed by atoms with Gasteiger partial charge in [0.2, 0.25) is 5.91 Å². The minimum absolute atomic E-state index is 0.124. The van der Waals surface area contributed by atoms with E-state index in [0.717, 1.165) is 16.8 Å². The number of nitrogens with zero attached hydrogens (tertiary/aromatic N) is 2. The molecule has 0 radical (unpaired) electrons. The molecule has 0 bridgehead atoms. The summed E-state index contributed by atoms with van der Waals surface area (Å²) >= 11 is 6.90. The molecule has 0 aliphatic carbocycles. The first-order valence-electron chi connectivity index (χ1n) is 7.47. The molecule has 0 saturated heterocycles. The fraction of sp³-hybridized carbons (Fsp3) is 0.222. The fourth-order valence-corrected chi connectivity index (χ4v) is 6.11. The van der Waals surface area contributed by atoms with E-state index in [4.69, 9.17) is 11.2 Å². The topological polar surface area (TPSA) is 32.7 Å². The highest BCUT2D eigenvalue weighted by atomic mass is 35.7. The molecule has 118 valence electrons. The maximum atomic E-state index is 12.1. The average molecular weight is 345 g/mol. The van der Waals surface area contributed by atoms with Crippen LogP contribution in [-0.2, 0) is 9.95 Å². The Labute approximate surface area is 142 Å². The molecule has 3 nitrogen and oxygen atoms in total. The van der Waals surface area contributed by atoms with Crippen molar-refractivity contribution in [3.8, 4) is 0 Å². The molecular weight excluding hydrogens is 327 g/mol. The summed E-state index contributed by atoms with van der Waals surface area (Å²) in [7, 11) is -1.35. The second-order valence-corrected chi connectivity index (χ2v) is 8.30. The average Bonchev–Trinajstić information content (AvgIpc) is 2.58. The van der Waals surface area contributed by atoms with E-state index in [1.54, 1.807) is 0 Å². The minimum atomic E-state index is -1.35. The Hall–Kier alpha value is -1.70. The Morgan fingerprint density at radius 3 is 2.00 bits per heavy atom. The Kier molecular flexibility index (Phi) is 4.52. The molecule has 23 heavy (non-hydrogen) atoms. The van der Waals surface area contributed by atoms with Crippen molar-refractivity contribution < 1.29 is 4.79 Å². The monoisotopic (exact) mass is 344 g/mol. The third kappa shape index (κ3) is 2.80. The van der Waals surface area contributed by atoms with Crippen LogP contribution in [0.2, 0.25) is 0 Å². The molecule has 2 aromatic rings. The quantitative estimate of drug-likeness (QED) is 0.697. The first-order chi connectivity index (χ1) is 11.1. The van der Waals surface area contributed by atoms with Crippen LogP contribution in [0.4, 0.5) is 0 Å². The number of benzene rings is 2. The third-order valence-corrected chi connectivity index (χ3v) is 7.35. The summed E-state index contributed by atoms with van der Waals surface area (Å²) in [6.07, 6.45) is 0.708. The van der Waals surface area contributed by atoms with Gasteiger partial charge in [-0.05, 0) is 18.1 Å². The largest absolute Gasteiger partial charge is 0.273 e. The second-order valence-electron chi connectivity index (χ2n) is 5.67. The number of hydrazone groups is 1. The standard InChI is InChI=1S/C18H18ClN2OP/c1-14-13-18(16-9-5-3-6-10-16,17-11-7-4-8-12-17)23(19)21(20-14)15(2)22/h3-12H,13H2,1-2H3. The highest BCUT2D eigenvalue weighted by molar-refractivity contribution is 7.83. The van der Waals surface area contributed by atoms with Crippen LogP contribution in [0, 0.1) is 0 Å². The maximum absolute atomic E-state index is 12.1. The van der Waals surface area contributed by atoms with E-state index >= 15 is 0 Å².